The minimum Gasteiger partial charge on any atom is -0.496 e. The number of ether oxygens (including phenoxy) is 2. The molecule has 2 aromatic heterocycles. The van der Waals surface area contributed by atoms with Gasteiger partial charge in [0, 0.05) is 11.4 Å². The zero-order valence-electron chi connectivity index (χ0n) is 16.0. The van der Waals surface area contributed by atoms with E-state index in [-0.39, 0.29) is 24.1 Å². The first kappa shape index (κ1) is 20.0. The van der Waals surface area contributed by atoms with Crippen molar-refractivity contribution >= 4 is 28.6 Å². The third-order valence-corrected chi connectivity index (χ3v) is 4.61. The number of anilines is 1. The Morgan fingerprint density at radius 2 is 2.14 bits per heavy atom. The Labute approximate surface area is 167 Å². The second kappa shape index (κ2) is 8.97. The largest absolute Gasteiger partial charge is 0.496 e. The SMILES string of the molecule is CCCCOc1nc(N)c2[nH]c(=O)n(Cc3ccc(CCCl)cc3OC)c2n1. The molecular weight excluding hydrogens is 382 g/mol. The average Bonchev–Trinajstić information content (AvgIpc) is 2.99. The lowest BCUT2D eigenvalue weighted by Gasteiger charge is -2.11. The summed E-state index contributed by atoms with van der Waals surface area (Å²) in [5, 5.41) is 0. The van der Waals surface area contributed by atoms with Crippen LogP contribution in [0.3, 0.4) is 0 Å². The van der Waals surface area contributed by atoms with Crippen LogP contribution in [0.25, 0.3) is 11.2 Å². The van der Waals surface area contributed by atoms with Gasteiger partial charge in [-0.3, -0.25) is 4.57 Å². The number of benzene rings is 1. The van der Waals surface area contributed by atoms with Gasteiger partial charge >= 0.3 is 11.7 Å². The number of aryl methyl sites for hydroxylation is 1. The van der Waals surface area contributed by atoms with Crippen molar-refractivity contribution in [1.29, 1.82) is 0 Å². The van der Waals surface area contributed by atoms with Gasteiger partial charge in [0.1, 0.15) is 11.3 Å². The van der Waals surface area contributed by atoms with Crippen molar-refractivity contribution in [3.63, 3.8) is 0 Å². The molecule has 8 nitrogen and oxygen atoms in total. The molecule has 0 aliphatic heterocycles. The molecule has 0 aliphatic rings. The van der Waals surface area contributed by atoms with Gasteiger partial charge in [0.15, 0.2) is 11.5 Å². The number of H-pyrrole nitrogens is 1. The molecule has 3 aromatic rings. The molecule has 0 amide bonds. The van der Waals surface area contributed by atoms with E-state index in [1.165, 1.54) is 4.57 Å². The van der Waals surface area contributed by atoms with Crippen LogP contribution in [0.2, 0.25) is 0 Å². The Morgan fingerprint density at radius 1 is 1.32 bits per heavy atom. The minimum absolute atomic E-state index is 0.163. The molecule has 0 atom stereocenters. The van der Waals surface area contributed by atoms with Crippen LogP contribution in [-0.2, 0) is 13.0 Å². The molecule has 28 heavy (non-hydrogen) atoms. The highest BCUT2D eigenvalue weighted by atomic mass is 35.5. The van der Waals surface area contributed by atoms with E-state index in [1.807, 2.05) is 18.2 Å². The lowest BCUT2D eigenvalue weighted by Crippen LogP contribution is -2.18. The van der Waals surface area contributed by atoms with Gasteiger partial charge in [-0.15, -0.1) is 11.6 Å². The van der Waals surface area contributed by atoms with Gasteiger partial charge in [-0.1, -0.05) is 25.5 Å². The van der Waals surface area contributed by atoms with Crippen molar-refractivity contribution in [3.05, 3.63) is 39.8 Å². The predicted octanol–water partition coefficient (Wildman–Crippen LogP) is 2.72. The Hall–Kier alpha value is -2.74. The quantitative estimate of drug-likeness (QED) is 0.418. The minimum atomic E-state index is -0.325. The van der Waals surface area contributed by atoms with E-state index < -0.39 is 0 Å². The second-order valence-corrected chi connectivity index (χ2v) is 6.77. The summed E-state index contributed by atoms with van der Waals surface area (Å²) in [6, 6.07) is 5.99. The zero-order chi connectivity index (χ0) is 20.1. The van der Waals surface area contributed by atoms with Crippen LogP contribution in [0.5, 0.6) is 11.8 Å². The highest BCUT2D eigenvalue weighted by Gasteiger charge is 2.16. The normalized spacial score (nSPS) is 11.1. The molecule has 2 heterocycles. The van der Waals surface area contributed by atoms with Crippen molar-refractivity contribution in [3.8, 4) is 11.8 Å². The number of aromatic amines is 1. The summed E-state index contributed by atoms with van der Waals surface area (Å²) in [6.45, 7) is 2.83. The number of alkyl halides is 1. The summed E-state index contributed by atoms with van der Waals surface area (Å²) in [5.41, 5.74) is 8.37. The Balaban J connectivity index is 1.98. The van der Waals surface area contributed by atoms with Crippen molar-refractivity contribution in [2.75, 3.05) is 25.3 Å². The Bertz CT molecular complexity index is 1010. The Kier molecular flexibility index (Phi) is 6.41. The van der Waals surface area contributed by atoms with Gasteiger partial charge in [0.2, 0.25) is 0 Å². The van der Waals surface area contributed by atoms with Gasteiger partial charge in [-0.2, -0.15) is 9.97 Å². The Morgan fingerprint density at radius 3 is 2.86 bits per heavy atom. The number of nitrogens with one attached hydrogen (secondary N) is 1. The number of nitrogens with zero attached hydrogens (tertiary/aromatic N) is 3. The summed E-state index contributed by atoms with van der Waals surface area (Å²) < 4.78 is 12.6. The number of halogens is 1. The number of nitrogen functional groups attached to an aromatic ring is 1. The molecule has 0 saturated heterocycles. The molecule has 0 fully saturated rings. The van der Waals surface area contributed by atoms with Crippen LogP contribution in [0.15, 0.2) is 23.0 Å². The van der Waals surface area contributed by atoms with Crippen LogP contribution < -0.4 is 20.9 Å². The number of nitrogens with two attached hydrogens (primary N) is 1. The molecule has 3 N–H and O–H groups in total. The summed E-state index contributed by atoms with van der Waals surface area (Å²) in [4.78, 5) is 23.8. The van der Waals surface area contributed by atoms with Gasteiger partial charge in [-0.25, -0.2) is 4.79 Å². The first-order valence-electron chi connectivity index (χ1n) is 9.18. The van der Waals surface area contributed by atoms with E-state index in [4.69, 9.17) is 26.8 Å². The standard InChI is InChI=1S/C19H24ClN5O3/c1-3-4-9-28-18-23-16(21)15-17(24-18)25(19(26)22-15)11-13-6-5-12(7-8-20)10-14(13)27-2/h5-6,10H,3-4,7-9,11H2,1-2H3,(H,22,26)(H2,21,23,24). The third-order valence-electron chi connectivity index (χ3n) is 4.42. The van der Waals surface area contributed by atoms with Crippen LogP contribution in [0, 0.1) is 0 Å². The molecule has 0 bridgehead atoms. The fourth-order valence-corrected chi connectivity index (χ4v) is 3.12. The summed E-state index contributed by atoms with van der Waals surface area (Å²) >= 11 is 5.82. The number of imidazole rings is 1. The van der Waals surface area contributed by atoms with Gasteiger partial charge in [-0.05, 0) is 24.5 Å². The number of hydrogen-bond acceptors (Lipinski definition) is 6. The molecule has 0 spiro atoms. The van der Waals surface area contributed by atoms with E-state index in [1.54, 1.807) is 7.11 Å². The van der Waals surface area contributed by atoms with Crippen LogP contribution in [0.4, 0.5) is 5.82 Å². The van der Waals surface area contributed by atoms with Crippen LogP contribution in [0.1, 0.15) is 30.9 Å². The highest BCUT2D eigenvalue weighted by Crippen LogP contribution is 2.24. The maximum absolute atomic E-state index is 12.5. The van der Waals surface area contributed by atoms with E-state index in [9.17, 15) is 4.79 Å². The number of hydrogen-bond donors (Lipinski definition) is 2. The number of aromatic nitrogens is 4. The fourth-order valence-electron chi connectivity index (χ4n) is 2.90. The molecule has 9 heteroatoms. The topological polar surface area (TPSA) is 108 Å². The molecule has 0 unspecified atom stereocenters. The highest BCUT2D eigenvalue weighted by molar-refractivity contribution is 6.17. The maximum atomic E-state index is 12.5. The predicted molar refractivity (Wildman–Crippen MR) is 109 cm³/mol. The molecule has 0 aliphatic carbocycles. The van der Waals surface area contributed by atoms with Gasteiger partial charge < -0.3 is 20.2 Å². The number of fused-ring (bicyclic) bond motifs is 1. The first-order chi connectivity index (χ1) is 13.6. The van der Waals surface area contributed by atoms with E-state index in [2.05, 4.69) is 21.9 Å². The smallest absolute Gasteiger partial charge is 0.328 e. The average molecular weight is 406 g/mol. The van der Waals surface area contributed by atoms with Crippen LogP contribution in [-0.4, -0.2) is 39.1 Å². The molecule has 150 valence electrons. The van der Waals surface area contributed by atoms with E-state index in [0.717, 1.165) is 30.4 Å². The monoisotopic (exact) mass is 405 g/mol. The van der Waals surface area contributed by atoms with Crippen molar-refractivity contribution in [2.24, 2.45) is 0 Å². The van der Waals surface area contributed by atoms with Gasteiger partial charge in [0.05, 0.1) is 20.3 Å². The fraction of sp³-hybridized carbons (Fsp3) is 0.421. The zero-order valence-corrected chi connectivity index (χ0v) is 16.8. The van der Waals surface area contributed by atoms with Crippen molar-refractivity contribution in [2.45, 2.75) is 32.7 Å². The molecule has 0 radical (unpaired) electrons. The van der Waals surface area contributed by atoms with Crippen molar-refractivity contribution in [1.82, 2.24) is 19.5 Å². The summed E-state index contributed by atoms with van der Waals surface area (Å²) in [6.07, 6.45) is 2.62. The maximum Gasteiger partial charge on any atom is 0.328 e. The van der Waals surface area contributed by atoms with E-state index >= 15 is 0 Å². The van der Waals surface area contributed by atoms with Crippen LogP contribution >= 0.6 is 11.6 Å². The molecule has 0 saturated carbocycles. The van der Waals surface area contributed by atoms with Crippen molar-refractivity contribution < 1.29 is 9.47 Å². The number of unbranched alkanes of at least 4 members (excludes halogenated alkanes) is 1. The summed E-state index contributed by atoms with van der Waals surface area (Å²) in [5.74, 6) is 1.39. The third kappa shape index (κ3) is 4.22. The second-order valence-electron chi connectivity index (χ2n) is 6.39. The van der Waals surface area contributed by atoms with E-state index in [0.29, 0.717) is 29.4 Å². The van der Waals surface area contributed by atoms with Gasteiger partial charge in [0.25, 0.3) is 0 Å². The molecule has 1 aromatic carbocycles. The summed E-state index contributed by atoms with van der Waals surface area (Å²) in [7, 11) is 1.60. The lowest BCUT2D eigenvalue weighted by atomic mass is 10.1. The number of rotatable bonds is 9. The molecule has 3 rings (SSSR count). The number of methoxy groups -OCH3 is 1. The molecular formula is C19H24ClN5O3. The first-order valence-corrected chi connectivity index (χ1v) is 9.71. The lowest BCUT2D eigenvalue weighted by molar-refractivity contribution is 0.286.